The second-order valence-electron chi connectivity index (χ2n) is 8.32. The molecule has 5 rings (SSSR count). The number of nitrogens with zero attached hydrogens (tertiary/aromatic N) is 2. The van der Waals surface area contributed by atoms with Gasteiger partial charge >= 0.3 is 5.97 Å². The van der Waals surface area contributed by atoms with Gasteiger partial charge in [-0.3, -0.25) is 9.78 Å². The molecule has 0 amide bonds. The van der Waals surface area contributed by atoms with Gasteiger partial charge in [0.15, 0.2) is 0 Å². The van der Waals surface area contributed by atoms with Crippen LogP contribution >= 0.6 is 0 Å². The first-order chi connectivity index (χ1) is 16.6. The van der Waals surface area contributed by atoms with Crippen LogP contribution in [0.25, 0.3) is 33.4 Å². The lowest BCUT2D eigenvalue weighted by molar-refractivity contribution is -0.136. The summed E-state index contributed by atoms with van der Waals surface area (Å²) in [5, 5.41) is 19.7. The number of rotatable bonds is 6. The van der Waals surface area contributed by atoms with E-state index in [1.807, 2.05) is 54.6 Å². The van der Waals surface area contributed by atoms with Crippen LogP contribution in [0.2, 0.25) is 0 Å². The third-order valence-electron chi connectivity index (χ3n) is 6.00. The summed E-state index contributed by atoms with van der Waals surface area (Å²) < 4.78 is 11.5. The standard InChI is InChI=1S/C27H23N3O4/c28-16-20-14-19(5-6-25(20)34-21-8-11-33-12-9-21)27-22-15-24(30-23(22)7-10-29-27)18-3-1-17(2-4-18)13-26(31)32/h1-7,10,14-15,21,30H,8-9,11-13H2,(H,31,32). The fourth-order valence-electron chi connectivity index (χ4n) is 4.26. The fraction of sp³-hybridized carbons (Fsp3) is 0.222. The van der Waals surface area contributed by atoms with Crippen molar-refractivity contribution in [2.45, 2.75) is 25.4 Å². The maximum absolute atomic E-state index is 10.9. The molecule has 0 bridgehead atoms. The largest absolute Gasteiger partial charge is 0.489 e. The summed E-state index contributed by atoms with van der Waals surface area (Å²) in [4.78, 5) is 19.0. The molecule has 4 aromatic rings. The lowest BCUT2D eigenvalue weighted by Gasteiger charge is -2.23. The van der Waals surface area contributed by atoms with Crippen molar-refractivity contribution >= 4 is 16.9 Å². The quantitative estimate of drug-likeness (QED) is 0.427. The Bertz CT molecular complexity index is 1380. The van der Waals surface area contributed by atoms with Crippen molar-refractivity contribution in [3.63, 3.8) is 0 Å². The monoisotopic (exact) mass is 453 g/mol. The van der Waals surface area contributed by atoms with Gasteiger partial charge in [0.25, 0.3) is 0 Å². The number of carbonyl (C=O) groups is 1. The summed E-state index contributed by atoms with van der Waals surface area (Å²) in [5.74, 6) is -0.267. The Morgan fingerprint density at radius 1 is 1.12 bits per heavy atom. The molecule has 0 spiro atoms. The van der Waals surface area contributed by atoms with Crippen LogP contribution in [-0.4, -0.2) is 40.4 Å². The number of hydrogen-bond donors (Lipinski definition) is 2. The number of nitriles is 1. The van der Waals surface area contributed by atoms with Gasteiger partial charge < -0.3 is 19.6 Å². The van der Waals surface area contributed by atoms with Gasteiger partial charge in [0, 0.05) is 41.2 Å². The zero-order valence-electron chi connectivity index (χ0n) is 18.5. The topological polar surface area (TPSA) is 108 Å². The van der Waals surface area contributed by atoms with Crippen LogP contribution in [-0.2, 0) is 16.0 Å². The maximum atomic E-state index is 10.9. The number of carboxylic acids is 1. The molecular weight excluding hydrogens is 430 g/mol. The number of carboxylic acid groups (broad SMARTS) is 1. The molecule has 0 atom stereocenters. The molecule has 2 aromatic carbocycles. The predicted octanol–water partition coefficient (Wildman–Crippen LogP) is 4.95. The molecule has 170 valence electrons. The summed E-state index contributed by atoms with van der Waals surface area (Å²) in [5.41, 5.74) is 5.63. The number of H-pyrrole nitrogens is 1. The van der Waals surface area contributed by atoms with E-state index in [4.69, 9.17) is 14.6 Å². The SMILES string of the molecule is N#Cc1cc(-c2nccc3[nH]c(-c4ccc(CC(=O)O)cc4)cc23)ccc1OC1CCOCC1. The Balaban J connectivity index is 1.46. The van der Waals surface area contributed by atoms with Gasteiger partial charge in [-0.2, -0.15) is 5.26 Å². The molecule has 2 N–H and O–H groups in total. The van der Waals surface area contributed by atoms with E-state index in [1.165, 1.54) is 0 Å². The van der Waals surface area contributed by atoms with Crippen LogP contribution in [0.1, 0.15) is 24.0 Å². The molecule has 0 radical (unpaired) electrons. The molecule has 0 saturated carbocycles. The van der Waals surface area contributed by atoms with E-state index >= 15 is 0 Å². The minimum absolute atomic E-state index is 0.00346. The zero-order chi connectivity index (χ0) is 23.5. The first-order valence-corrected chi connectivity index (χ1v) is 11.2. The first-order valence-electron chi connectivity index (χ1n) is 11.2. The highest BCUT2D eigenvalue weighted by atomic mass is 16.5. The highest BCUT2D eigenvalue weighted by Crippen LogP contribution is 2.33. The molecule has 1 aliphatic rings. The number of ether oxygens (including phenoxy) is 2. The van der Waals surface area contributed by atoms with Crippen LogP contribution in [0.15, 0.2) is 60.8 Å². The van der Waals surface area contributed by atoms with E-state index in [0.29, 0.717) is 24.5 Å². The van der Waals surface area contributed by atoms with Crippen molar-refractivity contribution in [1.82, 2.24) is 9.97 Å². The normalized spacial score (nSPS) is 14.1. The van der Waals surface area contributed by atoms with Crippen molar-refractivity contribution in [3.05, 3.63) is 71.9 Å². The van der Waals surface area contributed by atoms with E-state index in [9.17, 15) is 10.1 Å². The third-order valence-corrected chi connectivity index (χ3v) is 6.00. The average molecular weight is 453 g/mol. The van der Waals surface area contributed by atoms with Crippen molar-refractivity contribution < 1.29 is 19.4 Å². The molecule has 1 saturated heterocycles. The maximum Gasteiger partial charge on any atom is 0.307 e. The molecule has 0 aliphatic carbocycles. The van der Waals surface area contributed by atoms with Crippen LogP contribution in [0.3, 0.4) is 0 Å². The second-order valence-corrected chi connectivity index (χ2v) is 8.32. The molecular formula is C27H23N3O4. The number of aromatic amines is 1. The van der Waals surface area contributed by atoms with E-state index in [0.717, 1.165) is 51.8 Å². The summed E-state index contributed by atoms with van der Waals surface area (Å²) >= 11 is 0. The van der Waals surface area contributed by atoms with E-state index < -0.39 is 5.97 Å². The number of pyridine rings is 1. The molecule has 34 heavy (non-hydrogen) atoms. The summed E-state index contributed by atoms with van der Waals surface area (Å²) in [6.45, 7) is 1.35. The van der Waals surface area contributed by atoms with Gasteiger partial charge in [0.05, 0.1) is 30.9 Å². The number of aromatic nitrogens is 2. The van der Waals surface area contributed by atoms with Crippen molar-refractivity contribution in [1.29, 1.82) is 5.26 Å². The molecule has 7 heteroatoms. The zero-order valence-corrected chi connectivity index (χ0v) is 18.5. The molecule has 0 unspecified atom stereocenters. The van der Waals surface area contributed by atoms with Crippen LogP contribution in [0.4, 0.5) is 0 Å². The fourth-order valence-corrected chi connectivity index (χ4v) is 4.26. The van der Waals surface area contributed by atoms with Crippen LogP contribution < -0.4 is 4.74 Å². The average Bonchev–Trinajstić information content (AvgIpc) is 3.30. The number of nitrogens with one attached hydrogen (secondary N) is 1. The number of hydrogen-bond acceptors (Lipinski definition) is 5. The molecule has 7 nitrogen and oxygen atoms in total. The van der Waals surface area contributed by atoms with Crippen molar-refractivity contribution in [3.8, 4) is 34.3 Å². The summed E-state index contributed by atoms with van der Waals surface area (Å²) in [6.07, 6.45) is 3.43. The van der Waals surface area contributed by atoms with Gasteiger partial charge in [0.1, 0.15) is 17.9 Å². The Kier molecular flexibility index (Phi) is 5.98. The Hall–Kier alpha value is -4.15. The smallest absolute Gasteiger partial charge is 0.307 e. The van der Waals surface area contributed by atoms with Gasteiger partial charge in [-0.15, -0.1) is 0 Å². The predicted molar refractivity (Wildman–Crippen MR) is 127 cm³/mol. The highest BCUT2D eigenvalue weighted by Gasteiger charge is 2.18. The highest BCUT2D eigenvalue weighted by molar-refractivity contribution is 5.96. The van der Waals surface area contributed by atoms with Gasteiger partial charge in [0.2, 0.25) is 0 Å². The van der Waals surface area contributed by atoms with Crippen molar-refractivity contribution in [2.75, 3.05) is 13.2 Å². The Morgan fingerprint density at radius 3 is 2.62 bits per heavy atom. The Labute approximate surface area is 196 Å². The molecule has 1 aliphatic heterocycles. The first kappa shape index (κ1) is 21.7. The lowest BCUT2D eigenvalue weighted by Crippen LogP contribution is -2.26. The number of benzene rings is 2. The van der Waals surface area contributed by atoms with Gasteiger partial charge in [-0.1, -0.05) is 24.3 Å². The summed E-state index contributed by atoms with van der Waals surface area (Å²) in [6, 6.07) is 19.3. The number of fused-ring (bicyclic) bond motifs is 1. The third kappa shape index (κ3) is 4.49. The van der Waals surface area contributed by atoms with Gasteiger partial charge in [-0.25, -0.2) is 0 Å². The molecule has 3 heterocycles. The van der Waals surface area contributed by atoms with E-state index in [-0.39, 0.29) is 12.5 Å². The molecule has 1 fully saturated rings. The number of aliphatic carboxylic acids is 1. The molecule has 2 aromatic heterocycles. The van der Waals surface area contributed by atoms with E-state index in [1.54, 1.807) is 6.20 Å². The van der Waals surface area contributed by atoms with Crippen LogP contribution in [0, 0.1) is 11.3 Å². The minimum Gasteiger partial charge on any atom is -0.489 e. The van der Waals surface area contributed by atoms with Gasteiger partial charge in [-0.05, 0) is 41.5 Å². The van der Waals surface area contributed by atoms with E-state index in [2.05, 4.69) is 16.0 Å². The summed E-state index contributed by atoms with van der Waals surface area (Å²) in [7, 11) is 0. The second kappa shape index (κ2) is 9.38. The lowest BCUT2D eigenvalue weighted by atomic mass is 10.0. The Morgan fingerprint density at radius 2 is 1.88 bits per heavy atom. The van der Waals surface area contributed by atoms with Crippen LogP contribution in [0.5, 0.6) is 5.75 Å². The van der Waals surface area contributed by atoms with Crippen molar-refractivity contribution in [2.24, 2.45) is 0 Å². The minimum atomic E-state index is -0.852.